The number of ketones is 4. The summed E-state index contributed by atoms with van der Waals surface area (Å²) in [4.78, 5) is 65.8. The van der Waals surface area contributed by atoms with Crippen LogP contribution >= 0.6 is 0 Å². The SMILES string of the molecule is CCc1cc(N(C)C)c2c(c1O)C(=O)C1C(=O)C3(O)C(=O)C(C(N)=O)C(=O)CC3CC1C2. The summed E-state index contributed by atoms with van der Waals surface area (Å²) in [6.45, 7) is 1.83. The molecule has 0 aliphatic heterocycles. The number of aliphatic hydroxyl groups is 1. The summed E-state index contributed by atoms with van der Waals surface area (Å²) >= 11 is 0. The van der Waals surface area contributed by atoms with Crippen LogP contribution in [-0.2, 0) is 32.0 Å². The molecule has 1 aromatic carbocycles. The van der Waals surface area contributed by atoms with Gasteiger partial charge in [0.15, 0.2) is 34.7 Å². The number of carbonyl (C=O) groups is 5. The Balaban J connectivity index is 1.86. The second-order valence-corrected chi connectivity index (χ2v) is 9.24. The van der Waals surface area contributed by atoms with E-state index in [-0.39, 0.29) is 30.6 Å². The number of nitrogens with two attached hydrogens (primary N) is 1. The predicted octanol–water partition coefficient (Wildman–Crippen LogP) is -0.0447. The summed E-state index contributed by atoms with van der Waals surface area (Å²) in [5.74, 6) is -9.84. The van der Waals surface area contributed by atoms with Gasteiger partial charge in [-0.1, -0.05) is 6.92 Å². The minimum Gasteiger partial charge on any atom is -0.507 e. The van der Waals surface area contributed by atoms with Gasteiger partial charge in [0.1, 0.15) is 5.75 Å². The number of aryl methyl sites for hydroxylation is 1. The Morgan fingerprint density at radius 1 is 1.19 bits per heavy atom. The average molecular weight is 442 g/mol. The van der Waals surface area contributed by atoms with Crippen LogP contribution in [0, 0.1) is 23.7 Å². The van der Waals surface area contributed by atoms with Crippen LogP contribution in [0.4, 0.5) is 5.69 Å². The van der Waals surface area contributed by atoms with Crippen LogP contribution in [0.2, 0.25) is 0 Å². The van der Waals surface area contributed by atoms with Crippen molar-refractivity contribution < 1.29 is 34.2 Å². The van der Waals surface area contributed by atoms with Crippen molar-refractivity contribution in [3.8, 4) is 5.75 Å². The number of phenols is 1. The van der Waals surface area contributed by atoms with E-state index in [4.69, 9.17) is 5.73 Å². The molecule has 5 unspecified atom stereocenters. The third-order valence-corrected chi connectivity index (χ3v) is 7.32. The van der Waals surface area contributed by atoms with Gasteiger partial charge in [-0.3, -0.25) is 24.0 Å². The second kappa shape index (κ2) is 7.23. The fourth-order valence-corrected chi connectivity index (χ4v) is 5.74. The maximum absolute atomic E-state index is 13.5. The Labute approximate surface area is 184 Å². The molecule has 3 aliphatic rings. The lowest BCUT2D eigenvalue weighted by molar-refractivity contribution is -0.175. The second-order valence-electron chi connectivity index (χ2n) is 9.24. The van der Waals surface area contributed by atoms with Crippen molar-refractivity contribution in [2.75, 3.05) is 19.0 Å². The Bertz CT molecular complexity index is 1090. The first-order valence-corrected chi connectivity index (χ1v) is 10.7. The normalized spacial score (nSPS) is 31.6. The molecule has 1 amide bonds. The molecule has 2 saturated carbocycles. The summed E-state index contributed by atoms with van der Waals surface area (Å²) in [6, 6.07) is 1.81. The Morgan fingerprint density at radius 3 is 2.41 bits per heavy atom. The zero-order valence-corrected chi connectivity index (χ0v) is 18.2. The molecule has 0 spiro atoms. The molecule has 0 aromatic heterocycles. The van der Waals surface area contributed by atoms with Gasteiger partial charge in [-0.05, 0) is 42.4 Å². The number of hydrogen-bond acceptors (Lipinski definition) is 8. The number of carbonyl (C=O) groups excluding carboxylic acids is 5. The van der Waals surface area contributed by atoms with Crippen molar-refractivity contribution in [1.29, 1.82) is 0 Å². The molecule has 5 atom stereocenters. The van der Waals surface area contributed by atoms with Gasteiger partial charge in [-0.15, -0.1) is 0 Å². The molecule has 9 nitrogen and oxygen atoms in total. The molecule has 4 rings (SSSR count). The quantitative estimate of drug-likeness (QED) is 0.551. The monoisotopic (exact) mass is 442 g/mol. The van der Waals surface area contributed by atoms with E-state index in [1.54, 1.807) is 0 Å². The molecular weight excluding hydrogens is 416 g/mol. The summed E-state index contributed by atoms with van der Waals surface area (Å²) < 4.78 is 0. The fraction of sp³-hybridized carbons (Fsp3) is 0.522. The maximum Gasteiger partial charge on any atom is 0.235 e. The van der Waals surface area contributed by atoms with Crippen LogP contribution < -0.4 is 10.6 Å². The molecule has 3 aliphatic carbocycles. The summed E-state index contributed by atoms with van der Waals surface area (Å²) in [5, 5.41) is 22.0. The maximum atomic E-state index is 13.5. The smallest absolute Gasteiger partial charge is 0.235 e. The Morgan fingerprint density at radius 2 is 1.84 bits per heavy atom. The lowest BCUT2D eigenvalue weighted by Crippen LogP contribution is -2.68. The van der Waals surface area contributed by atoms with Gasteiger partial charge in [0.25, 0.3) is 0 Å². The number of amides is 1. The Kier molecular flexibility index (Phi) is 5.00. The number of aromatic hydroxyl groups is 1. The third kappa shape index (κ3) is 2.76. The Hall–Kier alpha value is -3.07. The molecule has 170 valence electrons. The van der Waals surface area contributed by atoms with Gasteiger partial charge in [0.2, 0.25) is 5.91 Å². The van der Waals surface area contributed by atoms with Crippen molar-refractivity contribution >= 4 is 34.7 Å². The number of phenolic OH excluding ortho intramolecular Hbond substituents is 1. The molecule has 0 heterocycles. The van der Waals surface area contributed by atoms with Gasteiger partial charge in [-0.2, -0.15) is 0 Å². The van der Waals surface area contributed by atoms with E-state index in [1.807, 2.05) is 32.0 Å². The minimum atomic E-state index is -2.62. The van der Waals surface area contributed by atoms with Crippen molar-refractivity contribution in [1.82, 2.24) is 0 Å². The van der Waals surface area contributed by atoms with E-state index in [1.165, 1.54) is 0 Å². The number of Topliss-reactive ketones (excluding diaryl/α,β-unsaturated/α-hetero) is 4. The molecule has 2 fully saturated rings. The third-order valence-electron chi connectivity index (χ3n) is 7.32. The zero-order valence-electron chi connectivity index (χ0n) is 18.2. The number of primary amides is 1. The van der Waals surface area contributed by atoms with E-state index in [9.17, 15) is 34.2 Å². The van der Waals surface area contributed by atoms with Crippen LogP contribution in [0.25, 0.3) is 0 Å². The van der Waals surface area contributed by atoms with Gasteiger partial charge in [0.05, 0.1) is 11.5 Å². The van der Waals surface area contributed by atoms with Crippen molar-refractivity contribution in [2.24, 2.45) is 29.4 Å². The first-order chi connectivity index (χ1) is 14.9. The molecule has 0 bridgehead atoms. The van der Waals surface area contributed by atoms with Crippen molar-refractivity contribution in [3.05, 3.63) is 22.8 Å². The van der Waals surface area contributed by atoms with E-state index in [0.29, 0.717) is 17.5 Å². The molecule has 9 heteroatoms. The summed E-state index contributed by atoms with van der Waals surface area (Å²) in [5.41, 5.74) is 4.51. The van der Waals surface area contributed by atoms with Crippen molar-refractivity contribution in [2.45, 2.75) is 38.2 Å². The molecule has 1 aromatic rings. The number of nitrogens with zero attached hydrogens (tertiary/aromatic N) is 1. The molecule has 0 radical (unpaired) electrons. The van der Waals surface area contributed by atoms with Crippen LogP contribution in [0.1, 0.15) is 41.3 Å². The van der Waals surface area contributed by atoms with E-state index in [2.05, 4.69) is 0 Å². The highest BCUT2D eigenvalue weighted by molar-refractivity contribution is 6.31. The lowest BCUT2D eigenvalue weighted by Gasteiger charge is -2.48. The number of fused-ring (bicyclic) bond motifs is 3. The first-order valence-electron chi connectivity index (χ1n) is 10.7. The number of rotatable bonds is 3. The molecule has 4 N–H and O–H groups in total. The highest BCUT2D eigenvalue weighted by atomic mass is 16.3. The van der Waals surface area contributed by atoms with Crippen LogP contribution in [-0.4, -0.2) is 58.9 Å². The topological polar surface area (TPSA) is 155 Å². The summed E-state index contributed by atoms with van der Waals surface area (Å²) in [7, 11) is 3.63. The highest BCUT2D eigenvalue weighted by Gasteiger charge is 2.66. The fourth-order valence-electron chi connectivity index (χ4n) is 5.74. The van der Waals surface area contributed by atoms with E-state index in [0.717, 1.165) is 5.69 Å². The first kappa shape index (κ1) is 22.1. The lowest BCUT2D eigenvalue weighted by atomic mass is 9.53. The van der Waals surface area contributed by atoms with Crippen molar-refractivity contribution in [3.63, 3.8) is 0 Å². The molecular formula is C23H26N2O7. The van der Waals surface area contributed by atoms with Crippen LogP contribution in [0.15, 0.2) is 6.07 Å². The summed E-state index contributed by atoms with van der Waals surface area (Å²) in [6.07, 6.45) is 0.482. The average Bonchev–Trinajstić information content (AvgIpc) is 2.70. The predicted molar refractivity (Wildman–Crippen MR) is 112 cm³/mol. The van der Waals surface area contributed by atoms with E-state index < -0.39 is 58.3 Å². The van der Waals surface area contributed by atoms with Crippen LogP contribution in [0.5, 0.6) is 5.75 Å². The van der Waals surface area contributed by atoms with Crippen LogP contribution in [0.3, 0.4) is 0 Å². The zero-order chi connectivity index (χ0) is 23.7. The highest BCUT2D eigenvalue weighted by Crippen LogP contribution is 2.51. The largest absolute Gasteiger partial charge is 0.507 e. The van der Waals surface area contributed by atoms with Gasteiger partial charge in [-0.25, -0.2) is 0 Å². The van der Waals surface area contributed by atoms with Gasteiger partial charge in [0, 0.05) is 32.1 Å². The standard InChI is InChI=1S/C23H26N2O7/c1-4-9-7-13(25(2)3)12-6-10-5-11-8-14(26)17(22(24)31)21(30)23(11,32)20(29)15(10)19(28)16(12)18(9)27/h7,10-11,15,17,27,32H,4-6,8H2,1-3H3,(H2,24,31). The van der Waals surface area contributed by atoms with Gasteiger partial charge < -0.3 is 20.8 Å². The number of benzene rings is 1. The number of anilines is 1. The molecule has 0 saturated heterocycles. The minimum absolute atomic E-state index is 0.0375. The molecule has 32 heavy (non-hydrogen) atoms. The number of hydrogen-bond donors (Lipinski definition) is 3. The van der Waals surface area contributed by atoms with Gasteiger partial charge >= 0.3 is 0 Å². The van der Waals surface area contributed by atoms with E-state index >= 15 is 0 Å².